The van der Waals surface area contributed by atoms with Crippen LogP contribution in [0.5, 0.6) is 11.5 Å². The minimum Gasteiger partial charge on any atom is -0.493 e. The van der Waals surface area contributed by atoms with Crippen LogP contribution in [0.15, 0.2) is 18.3 Å². The Morgan fingerprint density at radius 3 is 2.78 bits per heavy atom. The van der Waals surface area contributed by atoms with Crippen LogP contribution >= 0.6 is 23.1 Å². The van der Waals surface area contributed by atoms with E-state index in [9.17, 15) is 0 Å². The summed E-state index contributed by atoms with van der Waals surface area (Å²) < 4.78 is 14.2. The highest BCUT2D eigenvalue weighted by Crippen LogP contribution is 2.36. The lowest BCUT2D eigenvalue weighted by Gasteiger charge is -2.12. The lowest BCUT2D eigenvalue weighted by molar-refractivity contribution is 0.355. The highest BCUT2D eigenvalue weighted by Gasteiger charge is 2.10. The first kappa shape index (κ1) is 12.9. The number of halogens is 1. The largest absolute Gasteiger partial charge is 0.493 e. The van der Waals surface area contributed by atoms with Gasteiger partial charge in [-0.1, -0.05) is 16.1 Å². The quantitative estimate of drug-likeness (QED) is 0.915. The van der Waals surface area contributed by atoms with Crippen LogP contribution in [0.4, 0.5) is 5.00 Å². The van der Waals surface area contributed by atoms with E-state index < -0.39 is 0 Å². The third kappa shape index (κ3) is 2.83. The standard InChI is InChI=1S/C11H12ClN3O2S/c1-16-9-4-7(3-8(12)11(9)17-2)5-13-10-6-14-15-18-10/h3-4,6,13H,5H2,1-2H3. The predicted octanol–water partition coefficient (Wildman–Crippen LogP) is 2.82. The summed E-state index contributed by atoms with van der Waals surface area (Å²) in [6, 6.07) is 3.72. The van der Waals surface area contributed by atoms with Gasteiger partial charge < -0.3 is 14.8 Å². The summed E-state index contributed by atoms with van der Waals surface area (Å²) in [5, 5.41) is 8.37. The molecule has 0 bridgehead atoms. The molecule has 2 rings (SSSR count). The van der Waals surface area contributed by atoms with E-state index >= 15 is 0 Å². The van der Waals surface area contributed by atoms with E-state index in [0.29, 0.717) is 23.1 Å². The molecule has 1 aromatic carbocycles. The first-order valence-corrected chi connectivity index (χ1v) is 6.31. The van der Waals surface area contributed by atoms with Crippen molar-refractivity contribution in [2.45, 2.75) is 6.54 Å². The lowest BCUT2D eigenvalue weighted by Crippen LogP contribution is -2.00. The van der Waals surface area contributed by atoms with Gasteiger partial charge in [0.25, 0.3) is 0 Å². The minimum atomic E-state index is 0.524. The van der Waals surface area contributed by atoms with Crippen molar-refractivity contribution in [3.8, 4) is 11.5 Å². The first-order valence-electron chi connectivity index (χ1n) is 5.16. The SMILES string of the molecule is COc1cc(CNc2cnns2)cc(Cl)c1OC. The van der Waals surface area contributed by atoms with E-state index in [1.807, 2.05) is 12.1 Å². The molecule has 0 aliphatic carbocycles. The summed E-state index contributed by atoms with van der Waals surface area (Å²) >= 11 is 7.42. The van der Waals surface area contributed by atoms with Gasteiger partial charge in [-0.25, -0.2) is 0 Å². The summed E-state index contributed by atoms with van der Waals surface area (Å²) in [6.07, 6.45) is 1.67. The molecule has 1 N–H and O–H groups in total. The minimum absolute atomic E-state index is 0.524. The highest BCUT2D eigenvalue weighted by atomic mass is 35.5. The van der Waals surface area contributed by atoms with Gasteiger partial charge in [0, 0.05) is 18.1 Å². The fourth-order valence-corrected chi connectivity index (χ4v) is 2.23. The second-order valence-corrected chi connectivity index (χ2v) is 4.64. The number of benzene rings is 1. The van der Waals surface area contributed by atoms with Crippen molar-refractivity contribution >= 4 is 28.1 Å². The van der Waals surface area contributed by atoms with Crippen molar-refractivity contribution in [1.29, 1.82) is 0 Å². The van der Waals surface area contributed by atoms with Gasteiger partial charge in [0.1, 0.15) is 5.00 Å². The number of nitrogens with one attached hydrogen (secondary N) is 1. The molecule has 0 unspecified atom stereocenters. The molecule has 0 fully saturated rings. The molecule has 5 nitrogen and oxygen atoms in total. The Balaban J connectivity index is 2.16. The first-order chi connectivity index (χ1) is 8.74. The smallest absolute Gasteiger partial charge is 0.179 e. The van der Waals surface area contributed by atoms with Crippen LogP contribution in [0.25, 0.3) is 0 Å². The number of rotatable bonds is 5. The molecule has 0 spiro atoms. The third-order valence-corrected chi connectivity index (χ3v) is 3.22. The summed E-state index contributed by atoms with van der Waals surface area (Å²) in [4.78, 5) is 0. The van der Waals surface area contributed by atoms with E-state index in [2.05, 4.69) is 14.9 Å². The molecule has 0 aliphatic rings. The molecule has 2 aromatic rings. The van der Waals surface area contributed by atoms with Crippen LogP contribution in [0, 0.1) is 0 Å². The molecule has 0 radical (unpaired) electrons. The zero-order valence-corrected chi connectivity index (χ0v) is 11.5. The zero-order chi connectivity index (χ0) is 13.0. The number of hydrogen-bond acceptors (Lipinski definition) is 6. The van der Waals surface area contributed by atoms with E-state index in [1.54, 1.807) is 20.4 Å². The monoisotopic (exact) mass is 285 g/mol. The van der Waals surface area contributed by atoms with E-state index in [-0.39, 0.29) is 0 Å². The second kappa shape index (κ2) is 5.88. The average molecular weight is 286 g/mol. The van der Waals surface area contributed by atoms with Crippen LogP contribution in [-0.4, -0.2) is 23.8 Å². The van der Waals surface area contributed by atoms with Crippen LogP contribution in [0.3, 0.4) is 0 Å². The Kier molecular flexibility index (Phi) is 4.22. The average Bonchev–Trinajstić information content (AvgIpc) is 2.88. The van der Waals surface area contributed by atoms with Gasteiger partial charge in [0.05, 0.1) is 25.4 Å². The molecule has 0 atom stereocenters. The van der Waals surface area contributed by atoms with Crippen LogP contribution in [0.1, 0.15) is 5.56 Å². The molecule has 7 heteroatoms. The normalized spacial score (nSPS) is 10.2. The van der Waals surface area contributed by atoms with E-state index in [1.165, 1.54) is 11.5 Å². The maximum Gasteiger partial charge on any atom is 0.179 e. The molecular weight excluding hydrogens is 274 g/mol. The number of methoxy groups -OCH3 is 2. The summed E-state index contributed by atoms with van der Waals surface area (Å²) in [5.74, 6) is 1.16. The molecule has 1 heterocycles. The number of ether oxygens (including phenoxy) is 2. The lowest BCUT2D eigenvalue weighted by atomic mass is 10.2. The highest BCUT2D eigenvalue weighted by molar-refractivity contribution is 7.09. The van der Waals surface area contributed by atoms with Gasteiger partial charge in [-0.3, -0.25) is 0 Å². The van der Waals surface area contributed by atoms with Gasteiger partial charge in [0.15, 0.2) is 11.5 Å². The number of anilines is 1. The van der Waals surface area contributed by atoms with Gasteiger partial charge in [-0.2, -0.15) is 0 Å². The Labute approximate surface area is 114 Å². The van der Waals surface area contributed by atoms with Crippen LogP contribution in [0.2, 0.25) is 5.02 Å². The van der Waals surface area contributed by atoms with E-state index in [4.69, 9.17) is 21.1 Å². The Bertz CT molecular complexity index is 519. The third-order valence-electron chi connectivity index (χ3n) is 2.32. The second-order valence-electron chi connectivity index (χ2n) is 3.45. The maximum atomic E-state index is 6.12. The number of hydrogen-bond donors (Lipinski definition) is 1. The van der Waals surface area contributed by atoms with Crippen molar-refractivity contribution in [2.75, 3.05) is 19.5 Å². The van der Waals surface area contributed by atoms with Crippen molar-refractivity contribution in [3.05, 3.63) is 28.9 Å². The van der Waals surface area contributed by atoms with Gasteiger partial charge in [0.2, 0.25) is 0 Å². The zero-order valence-electron chi connectivity index (χ0n) is 9.94. The Hall–Kier alpha value is -1.53. The molecule has 0 aliphatic heterocycles. The Morgan fingerprint density at radius 2 is 2.17 bits per heavy atom. The molecule has 0 amide bonds. The van der Waals surface area contributed by atoms with Gasteiger partial charge in [-0.15, -0.1) is 5.10 Å². The van der Waals surface area contributed by atoms with E-state index in [0.717, 1.165) is 10.6 Å². The van der Waals surface area contributed by atoms with Crippen molar-refractivity contribution in [2.24, 2.45) is 0 Å². The fraction of sp³-hybridized carbons (Fsp3) is 0.273. The van der Waals surface area contributed by atoms with Crippen molar-refractivity contribution in [1.82, 2.24) is 9.59 Å². The van der Waals surface area contributed by atoms with Crippen molar-refractivity contribution in [3.63, 3.8) is 0 Å². The molecule has 0 saturated carbocycles. The van der Waals surface area contributed by atoms with Crippen LogP contribution < -0.4 is 14.8 Å². The number of aromatic nitrogens is 2. The Morgan fingerprint density at radius 1 is 1.33 bits per heavy atom. The van der Waals surface area contributed by atoms with Gasteiger partial charge >= 0.3 is 0 Å². The molecule has 96 valence electrons. The van der Waals surface area contributed by atoms with Gasteiger partial charge in [-0.05, 0) is 17.7 Å². The molecular formula is C11H12ClN3O2S. The molecule has 18 heavy (non-hydrogen) atoms. The molecule has 0 saturated heterocycles. The summed E-state index contributed by atoms with van der Waals surface area (Å²) in [7, 11) is 3.14. The fourth-order valence-electron chi connectivity index (χ4n) is 1.51. The maximum absolute atomic E-state index is 6.12. The van der Waals surface area contributed by atoms with Crippen molar-refractivity contribution < 1.29 is 9.47 Å². The summed E-state index contributed by atoms with van der Waals surface area (Å²) in [6.45, 7) is 0.615. The number of nitrogens with zero attached hydrogens (tertiary/aromatic N) is 2. The predicted molar refractivity (Wildman–Crippen MR) is 71.8 cm³/mol. The summed E-state index contributed by atoms with van der Waals surface area (Å²) in [5.41, 5.74) is 0.992. The topological polar surface area (TPSA) is 56.3 Å². The molecule has 1 aromatic heterocycles. The van der Waals surface area contributed by atoms with Crippen LogP contribution in [-0.2, 0) is 6.54 Å².